The zero-order chi connectivity index (χ0) is 14.1. The van der Waals surface area contributed by atoms with Crippen molar-refractivity contribution < 1.29 is 13.9 Å². The molecule has 0 spiro atoms. The molecule has 5 heteroatoms. The van der Waals surface area contributed by atoms with Gasteiger partial charge in [0, 0.05) is 12.4 Å². The molecular weight excluding hydrogens is 262 g/mol. The van der Waals surface area contributed by atoms with Crippen LogP contribution in [0.5, 0.6) is 0 Å². The third-order valence-corrected chi connectivity index (χ3v) is 3.07. The van der Waals surface area contributed by atoms with E-state index < -0.39 is 17.7 Å². The molecule has 1 unspecified atom stereocenters. The summed E-state index contributed by atoms with van der Waals surface area (Å²) in [6, 6.07) is 8.41. The molecule has 3 rings (SSSR count). The van der Waals surface area contributed by atoms with E-state index in [1.807, 2.05) is 0 Å². The van der Waals surface area contributed by atoms with E-state index in [0.29, 0.717) is 16.6 Å². The highest BCUT2D eigenvalue weighted by Crippen LogP contribution is 2.25. The quantitative estimate of drug-likeness (QED) is 0.780. The van der Waals surface area contributed by atoms with Crippen molar-refractivity contribution in [2.75, 3.05) is 0 Å². The molecular formula is C15H10F2N2O. The van der Waals surface area contributed by atoms with E-state index >= 15 is 0 Å². The van der Waals surface area contributed by atoms with Gasteiger partial charge in [0.25, 0.3) is 0 Å². The minimum absolute atomic E-state index is 0.284. The smallest absolute Gasteiger partial charge is 0.159 e. The molecule has 0 aliphatic carbocycles. The largest absolute Gasteiger partial charge is 0.384 e. The molecule has 1 N–H and O–H groups in total. The second-order valence-corrected chi connectivity index (χ2v) is 4.38. The highest BCUT2D eigenvalue weighted by atomic mass is 19.2. The monoisotopic (exact) mass is 272 g/mol. The number of nitrogens with zero attached hydrogens (tertiary/aromatic N) is 2. The Morgan fingerprint density at radius 2 is 1.45 bits per heavy atom. The van der Waals surface area contributed by atoms with Crippen molar-refractivity contribution >= 4 is 11.0 Å². The highest BCUT2D eigenvalue weighted by molar-refractivity contribution is 5.74. The lowest BCUT2D eigenvalue weighted by Gasteiger charge is -2.12. The van der Waals surface area contributed by atoms with Crippen LogP contribution in [0.2, 0.25) is 0 Å². The van der Waals surface area contributed by atoms with Crippen LogP contribution >= 0.6 is 0 Å². The van der Waals surface area contributed by atoms with Gasteiger partial charge in [-0.3, -0.25) is 9.97 Å². The van der Waals surface area contributed by atoms with Gasteiger partial charge in [-0.05, 0) is 35.4 Å². The highest BCUT2D eigenvalue weighted by Gasteiger charge is 2.13. The summed E-state index contributed by atoms with van der Waals surface area (Å²) < 4.78 is 26.1. The Balaban J connectivity index is 2.02. The van der Waals surface area contributed by atoms with Crippen LogP contribution < -0.4 is 0 Å². The molecule has 1 aromatic heterocycles. The van der Waals surface area contributed by atoms with Gasteiger partial charge in [0.2, 0.25) is 0 Å². The van der Waals surface area contributed by atoms with Crippen LogP contribution in [0.3, 0.4) is 0 Å². The minimum atomic E-state index is -1.04. The van der Waals surface area contributed by atoms with E-state index in [0.717, 1.165) is 12.1 Å². The lowest BCUT2D eigenvalue weighted by molar-refractivity contribution is 0.219. The summed E-state index contributed by atoms with van der Waals surface area (Å²) in [6.07, 6.45) is 2.08. The zero-order valence-corrected chi connectivity index (χ0v) is 10.3. The van der Waals surface area contributed by atoms with Crippen molar-refractivity contribution in [3.05, 3.63) is 71.6 Å². The van der Waals surface area contributed by atoms with Crippen LogP contribution in [-0.4, -0.2) is 15.1 Å². The molecule has 1 atom stereocenters. The Kier molecular flexibility index (Phi) is 3.12. The Morgan fingerprint density at radius 3 is 2.20 bits per heavy atom. The summed E-state index contributed by atoms with van der Waals surface area (Å²) in [5.74, 6) is -1.92. The number of hydrogen-bond acceptors (Lipinski definition) is 3. The van der Waals surface area contributed by atoms with E-state index in [9.17, 15) is 13.9 Å². The summed E-state index contributed by atoms with van der Waals surface area (Å²) in [6.45, 7) is 0. The van der Waals surface area contributed by atoms with Crippen LogP contribution in [0.1, 0.15) is 17.2 Å². The maximum atomic E-state index is 13.2. The van der Waals surface area contributed by atoms with Gasteiger partial charge >= 0.3 is 0 Å². The van der Waals surface area contributed by atoms with E-state index in [1.165, 1.54) is 6.07 Å². The predicted octanol–water partition coefficient (Wildman–Crippen LogP) is 2.99. The molecule has 1 heterocycles. The summed E-state index contributed by atoms with van der Waals surface area (Å²) in [5.41, 5.74) is 2.16. The molecule has 100 valence electrons. The fraction of sp³-hybridized carbons (Fsp3) is 0.0667. The molecule has 2 aromatic carbocycles. The average molecular weight is 272 g/mol. The Bertz CT molecular complexity index is 777. The zero-order valence-electron chi connectivity index (χ0n) is 10.3. The van der Waals surface area contributed by atoms with E-state index in [2.05, 4.69) is 9.97 Å². The van der Waals surface area contributed by atoms with Gasteiger partial charge in [0.05, 0.1) is 11.0 Å². The van der Waals surface area contributed by atoms with Gasteiger partial charge in [0.15, 0.2) is 11.6 Å². The van der Waals surface area contributed by atoms with Crippen LogP contribution in [0.15, 0.2) is 48.8 Å². The first-order valence-electron chi connectivity index (χ1n) is 5.99. The van der Waals surface area contributed by atoms with Gasteiger partial charge < -0.3 is 5.11 Å². The predicted molar refractivity (Wildman–Crippen MR) is 70.0 cm³/mol. The lowest BCUT2D eigenvalue weighted by Crippen LogP contribution is -2.01. The van der Waals surface area contributed by atoms with Gasteiger partial charge in [-0.2, -0.15) is 0 Å². The van der Waals surface area contributed by atoms with E-state index in [1.54, 1.807) is 30.6 Å². The topological polar surface area (TPSA) is 46.0 Å². The molecule has 3 nitrogen and oxygen atoms in total. The summed E-state index contributed by atoms with van der Waals surface area (Å²) in [4.78, 5) is 8.27. The molecule has 3 aromatic rings. The van der Waals surface area contributed by atoms with Crippen molar-refractivity contribution in [1.29, 1.82) is 0 Å². The van der Waals surface area contributed by atoms with Crippen molar-refractivity contribution in [3.63, 3.8) is 0 Å². The average Bonchev–Trinajstić information content (AvgIpc) is 2.49. The number of hydrogen-bond donors (Lipinski definition) is 1. The second kappa shape index (κ2) is 4.94. The SMILES string of the molecule is OC(c1ccc(F)c(F)c1)c1ccc2nccnc2c1. The van der Waals surface area contributed by atoms with Gasteiger partial charge in [-0.25, -0.2) is 8.78 Å². The molecule has 0 aliphatic rings. The number of halogens is 2. The first-order valence-corrected chi connectivity index (χ1v) is 5.99. The molecule has 0 amide bonds. The summed E-state index contributed by atoms with van der Waals surface area (Å²) in [7, 11) is 0. The number of aliphatic hydroxyl groups excluding tert-OH is 1. The molecule has 0 aliphatic heterocycles. The Morgan fingerprint density at radius 1 is 0.800 bits per heavy atom. The number of benzene rings is 2. The third-order valence-electron chi connectivity index (χ3n) is 3.07. The van der Waals surface area contributed by atoms with Crippen LogP contribution in [0.4, 0.5) is 8.78 Å². The fourth-order valence-corrected chi connectivity index (χ4v) is 2.03. The Hall–Kier alpha value is -2.40. The number of rotatable bonds is 2. The van der Waals surface area contributed by atoms with Crippen molar-refractivity contribution in [3.8, 4) is 0 Å². The maximum Gasteiger partial charge on any atom is 0.159 e. The van der Waals surface area contributed by atoms with E-state index in [-0.39, 0.29) is 5.56 Å². The van der Waals surface area contributed by atoms with Gasteiger partial charge in [0.1, 0.15) is 6.10 Å². The first kappa shape index (κ1) is 12.6. The molecule has 0 saturated carbocycles. The van der Waals surface area contributed by atoms with Crippen molar-refractivity contribution in [2.45, 2.75) is 6.10 Å². The van der Waals surface area contributed by atoms with Crippen LogP contribution in [0, 0.1) is 11.6 Å². The summed E-state index contributed by atoms with van der Waals surface area (Å²) in [5, 5.41) is 10.2. The van der Waals surface area contributed by atoms with Crippen LogP contribution in [0.25, 0.3) is 11.0 Å². The van der Waals surface area contributed by atoms with Crippen molar-refractivity contribution in [2.24, 2.45) is 0 Å². The lowest BCUT2D eigenvalue weighted by atomic mass is 10.0. The minimum Gasteiger partial charge on any atom is -0.384 e. The number of fused-ring (bicyclic) bond motifs is 1. The molecule has 20 heavy (non-hydrogen) atoms. The Labute approximate surface area is 113 Å². The molecule has 0 radical (unpaired) electrons. The molecule has 0 bridgehead atoms. The molecule has 0 fully saturated rings. The second-order valence-electron chi connectivity index (χ2n) is 4.38. The van der Waals surface area contributed by atoms with Crippen molar-refractivity contribution in [1.82, 2.24) is 9.97 Å². The van der Waals surface area contributed by atoms with Gasteiger partial charge in [-0.15, -0.1) is 0 Å². The summed E-state index contributed by atoms with van der Waals surface area (Å²) >= 11 is 0. The first-order chi connectivity index (χ1) is 9.65. The fourth-order valence-electron chi connectivity index (χ4n) is 2.03. The van der Waals surface area contributed by atoms with Gasteiger partial charge in [-0.1, -0.05) is 12.1 Å². The number of aliphatic hydroxyl groups is 1. The van der Waals surface area contributed by atoms with E-state index in [4.69, 9.17) is 0 Å². The third kappa shape index (κ3) is 2.23. The standard InChI is InChI=1S/C15H10F2N2O/c16-11-3-1-9(7-12(11)17)15(20)10-2-4-13-14(8-10)19-6-5-18-13/h1-8,15,20H. The normalized spacial score (nSPS) is 12.6. The van der Waals surface area contributed by atoms with Crippen LogP contribution in [-0.2, 0) is 0 Å². The number of aromatic nitrogens is 2. The maximum absolute atomic E-state index is 13.2. The molecule has 0 saturated heterocycles.